The molecule has 0 N–H and O–H groups in total. The second-order valence-electron chi connectivity index (χ2n) is 11.9. The molecule has 1 unspecified atom stereocenters. The van der Waals surface area contributed by atoms with Crippen LogP contribution < -0.4 is 0 Å². The highest BCUT2D eigenvalue weighted by molar-refractivity contribution is 6.78. The zero-order chi connectivity index (χ0) is 26.6. The Kier molecular flexibility index (Phi) is 9.04. The lowest BCUT2D eigenvalue weighted by molar-refractivity contribution is -0.145. The lowest BCUT2D eigenvalue weighted by Gasteiger charge is -2.32. The van der Waals surface area contributed by atoms with Gasteiger partial charge in [0.2, 0.25) is 0 Å². The molecular formula is C29H42BNO4Si. The molecule has 36 heavy (non-hydrogen) atoms. The van der Waals surface area contributed by atoms with Gasteiger partial charge in [-0.25, -0.2) is 0 Å². The Morgan fingerprint density at radius 1 is 0.917 bits per heavy atom. The van der Waals surface area contributed by atoms with Gasteiger partial charge in [-0.2, -0.15) is 0 Å². The molecule has 0 spiro atoms. The first-order valence-corrected chi connectivity index (χ1v) is 16.5. The molecule has 1 aliphatic heterocycles. The van der Waals surface area contributed by atoms with Crippen LogP contribution in [-0.4, -0.2) is 50.4 Å². The fraction of sp³-hybridized carbons (Fsp3) is 0.483. The third kappa shape index (κ3) is 7.42. The number of hydrogen-bond acceptors (Lipinski definition) is 5. The molecule has 194 valence electrons. The average Bonchev–Trinajstić information content (AvgIpc) is 3.03. The molecule has 0 amide bonds. The van der Waals surface area contributed by atoms with E-state index in [1.807, 2.05) is 36.4 Å². The second kappa shape index (κ2) is 11.5. The number of nitrogens with zero attached hydrogens (tertiary/aromatic N) is 1. The van der Waals surface area contributed by atoms with Gasteiger partial charge in [-0.1, -0.05) is 86.4 Å². The predicted molar refractivity (Wildman–Crippen MR) is 150 cm³/mol. The van der Waals surface area contributed by atoms with E-state index in [-0.39, 0.29) is 5.97 Å². The minimum Gasteiger partial charge on any atom is -0.468 e. The van der Waals surface area contributed by atoms with Crippen LogP contribution in [0.4, 0.5) is 0 Å². The standard InChI is InChI=1S/C29H42BNO4Si/c1-28(2)29(3,4)35-30(34-28)25(22-36(6,7)8)19-26(27(32)33-5)31(20-23-15-11-9-12-16-23)21-24-17-13-10-14-18-24/h9-19,26H,20-22H2,1-8H3/b25-19+. The van der Waals surface area contributed by atoms with Gasteiger partial charge in [0.25, 0.3) is 0 Å². The van der Waals surface area contributed by atoms with Crippen molar-refractivity contribution in [3.05, 3.63) is 83.3 Å². The zero-order valence-corrected chi connectivity index (χ0v) is 24.2. The molecule has 1 saturated heterocycles. The molecule has 1 heterocycles. The van der Waals surface area contributed by atoms with Crippen molar-refractivity contribution < 1.29 is 18.8 Å². The minimum absolute atomic E-state index is 0.286. The molecule has 0 aliphatic carbocycles. The first kappa shape index (κ1) is 28.4. The van der Waals surface area contributed by atoms with Crippen molar-refractivity contribution in [1.29, 1.82) is 0 Å². The molecule has 2 aromatic rings. The maximum atomic E-state index is 13.3. The Hall–Kier alpha value is -2.19. The van der Waals surface area contributed by atoms with Gasteiger partial charge in [0.05, 0.1) is 18.3 Å². The van der Waals surface area contributed by atoms with E-state index in [9.17, 15) is 4.79 Å². The molecule has 1 fully saturated rings. The molecule has 0 bridgehead atoms. The van der Waals surface area contributed by atoms with Crippen molar-refractivity contribution in [3.8, 4) is 0 Å². The first-order valence-electron chi connectivity index (χ1n) is 12.8. The quantitative estimate of drug-likeness (QED) is 0.286. The number of ether oxygens (including phenoxy) is 1. The van der Waals surface area contributed by atoms with Crippen LogP contribution in [0.2, 0.25) is 25.7 Å². The summed E-state index contributed by atoms with van der Waals surface area (Å²) in [4.78, 5) is 15.5. The minimum atomic E-state index is -1.57. The smallest absolute Gasteiger partial charge is 0.468 e. The highest BCUT2D eigenvalue weighted by atomic mass is 28.3. The fourth-order valence-corrected chi connectivity index (χ4v) is 5.87. The zero-order valence-electron chi connectivity index (χ0n) is 23.2. The van der Waals surface area contributed by atoms with E-state index in [1.54, 1.807) is 0 Å². The van der Waals surface area contributed by atoms with E-state index >= 15 is 0 Å². The molecule has 1 aliphatic rings. The van der Waals surface area contributed by atoms with Gasteiger partial charge in [0, 0.05) is 21.2 Å². The Labute approximate surface area is 219 Å². The van der Waals surface area contributed by atoms with E-state index in [1.165, 1.54) is 7.11 Å². The summed E-state index contributed by atoms with van der Waals surface area (Å²) in [5.74, 6) is -0.286. The largest absolute Gasteiger partial charge is 0.490 e. The lowest BCUT2D eigenvalue weighted by atomic mass is 9.78. The maximum Gasteiger partial charge on any atom is 0.490 e. The van der Waals surface area contributed by atoms with Gasteiger partial charge in [0.15, 0.2) is 0 Å². The summed E-state index contributed by atoms with van der Waals surface area (Å²) in [6.07, 6.45) is 2.05. The third-order valence-electron chi connectivity index (χ3n) is 6.96. The van der Waals surface area contributed by atoms with Crippen LogP contribution in [-0.2, 0) is 31.9 Å². The number of esters is 1. The summed E-state index contributed by atoms with van der Waals surface area (Å²) >= 11 is 0. The van der Waals surface area contributed by atoms with Crippen LogP contribution in [0, 0.1) is 0 Å². The number of hydrogen-bond donors (Lipinski definition) is 0. The molecule has 1 atom stereocenters. The van der Waals surface area contributed by atoms with Crippen LogP contribution in [0.15, 0.2) is 72.2 Å². The van der Waals surface area contributed by atoms with E-state index in [0.717, 1.165) is 22.6 Å². The number of benzene rings is 2. The highest BCUT2D eigenvalue weighted by Gasteiger charge is 2.53. The predicted octanol–water partition coefficient (Wildman–Crippen LogP) is 6.13. The lowest BCUT2D eigenvalue weighted by Crippen LogP contribution is -2.41. The highest BCUT2D eigenvalue weighted by Crippen LogP contribution is 2.40. The van der Waals surface area contributed by atoms with Crippen LogP contribution >= 0.6 is 0 Å². The molecule has 0 radical (unpaired) electrons. The monoisotopic (exact) mass is 507 g/mol. The van der Waals surface area contributed by atoms with Gasteiger partial charge >= 0.3 is 13.1 Å². The van der Waals surface area contributed by atoms with Crippen molar-refractivity contribution >= 4 is 21.2 Å². The van der Waals surface area contributed by atoms with Crippen molar-refractivity contribution in [1.82, 2.24) is 4.90 Å². The topological polar surface area (TPSA) is 48.0 Å². The Morgan fingerprint density at radius 2 is 1.36 bits per heavy atom. The SMILES string of the molecule is COC(=O)C(/C=C(\C[Si](C)(C)C)B1OC(C)(C)C(C)(C)O1)N(Cc1ccccc1)Cc1ccccc1. The Bertz CT molecular complexity index is 977. The molecule has 0 saturated carbocycles. The van der Waals surface area contributed by atoms with Crippen LogP contribution in [0.5, 0.6) is 0 Å². The Balaban J connectivity index is 2.06. The molecule has 2 aromatic carbocycles. The number of allylic oxidation sites excluding steroid dienone is 1. The molecule has 7 heteroatoms. The van der Waals surface area contributed by atoms with Crippen molar-refractivity contribution in [3.63, 3.8) is 0 Å². The molecular weight excluding hydrogens is 465 g/mol. The summed E-state index contributed by atoms with van der Waals surface area (Å²) < 4.78 is 18.3. The van der Waals surface area contributed by atoms with E-state index < -0.39 is 32.4 Å². The molecule has 3 rings (SSSR count). The summed E-state index contributed by atoms with van der Waals surface area (Å²) in [7, 11) is -0.613. The number of carbonyl (C=O) groups is 1. The Morgan fingerprint density at radius 3 is 1.75 bits per heavy atom. The average molecular weight is 508 g/mol. The van der Waals surface area contributed by atoms with Crippen LogP contribution in [0.1, 0.15) is 38.8 Å². The maximum absolute atomic E-state index is 13.3. The first-order chi connectivity index (χ1) is 16.8. The van der Waals surface area contributed by atoms with Gasteiger partial charge in [-0.15, -0.1) is 0 Å². The van der Waals surface area contributed by atoms with Gasteiger partial charge in [-0.05, 0) is 50.3 Å². The van der Waals surface area contributed by atoms with Crippen molar-refractivity contribution in [2.24, 2.45) is 0 Å². The summed E-state index contributed by atoms with van der Waals surface area (Å²) in [5, 5.41) is 0. The second-order valence-corrected chi connectivity index (χ2v) is 17.4. The van der Waals surface area contributed by atoms with Gasteiger partial charge < -0.3 is 14.0 Å². The number of rotatable bonds is 10. The van der Waals surface area contributed by atoms with E-state index in [4.69, 9.17) is 14.0 Å². The summed E-state index contributed by atoms with van der Waals surface area (Å²) in [6, 6.07) is 20.8. The van der Waals surface area contributed by atoms with Gasteiger partial charge in [0.1, 0.15) is 6.04 Å². The number of carbonyl (C=O) groups excluding carboxylic acids is 1. The van der Waals surface area contributed by atoms with Crippen LogP contribution in [0.25, 0.3) is 0 Å². The summed E-state index contributed by atoms with van der Waals surface area (Å²) in [5.41, 5.74) is 2.39. The molecule has 0 aromatic heterocycles. The third-order valence-corrected chi connectivity index (χ3v) is 8.42. The fourth-order valence-electron chi connectivity index (χ4n) is 4.36. The van der Waals surface area contributed by atoms with E-state index in [0.29, 0.717) is 13.1 Å². The normalized spacial score (nSPS) is 18.4. The molecule has 5 nitrogen and oxygen atoms in total. The van der Waals surface area contributed by atoms with Crippen LogP contribution in [0.3, 0.4) is 0 Å². The van der Waals surface area contributed by atoms with E-state index in [2.05, 4.69) is 82.6 Å². The van der Waals surface area contributed by atoms with Crippen molar-refractivity contribution in [2.45, 2.75) is 83.7 Å². The summed E-state index contributed by atoms with van der Waals surface area (Å²) in [6.45, 7) is 16.4. The van der Waals surface area contributed by atoms with Gasteiger partial charge in [-0.3, -0.25) is 9.69 Å². The number of methoxy groups -OCH3 is 1. The van der Waals surface area contributed by atoms with Crippen molar-refractivity contribution in [2.75, 3.05) is 7.11 Å².